The number of hydrogen-bond acceptors (Lipinski definition) is 4. The third-order valence-corrected chi connectivity index (χ3v) is 6.97. The van der Waals surface area contributed by atoms with Crippen molar-refractivity contribution in [1.82, 2.24) is 4.31 Å². The number of carbonyl (C=O) groups is 1. The van der Waals surface area contributed by atoms with Crippen molar-refractivity contribution in [3.8, 4) is 5.75 Å². The molecule has 0 radical (unpaired) electrons. The van der Waals surface area contributed by atoms with Gasteiger partial charge in [-0.3, -0.25) is 4.79 Å². The van der Waals surface area contributed by atoms with Crippen molar-refractivity contribution in [1.29, 1.82) is 0 Å². The zero-order valence-electron chi connectivity index (χ0n) is 16.1. The van der Waals surface area contributed by atoms with Crippen molar-refractivity contribution in [3.05, 3.63) is 53.6 Å². The van der Waals surface area contributed by atoms with Gasteiger partial charge in [-0.25, -0.2) is 17.2 Å². The summed E-state index contributed by atoms with van der Waals surface area (Å²) in [5.74, 6) is -2.65. The number of piperidine rings is 1. The third-order valence-electron chi connectivity index (χ3n) is 4.93. The number of halogens is 2. The smallest absolute Gasteiger partial charge is 0.255 e. The lowest BCUT2D eigenvalue weighted by atomic mass is 10.1. The number of ether oxygens (including phenoxy) is 1. The van der Waals surface area contributed by atoms with E-state index < -0.39 is 27.6 Å². The molecule has 1 saturated heterocycles. The van der Waals surface area contributed by atoms with E-state index in [9.17, 15) is 22.0 Å². The van der Waals surface area contributed by atoms with Crippen LogP contribution in [-0.2, 0) is 10.0 Å². The number of sulfonamides is 1. The number of hydrogen-bond donors (Lipinski definition) is 1. The summed E-state index contributed by atoms with van der Waals surface area (Å²) in [5.41, 5.74) is 0.109. The SMILES string of the molecule is COc1ccc(C(=O)Nc2ccc(F)c(F)c2)cc1S(=O)(=O)N1CCCC[C@H]1C. The maximum absolute atomic E-state index is 13.4. The fourth-order valence-corrected chi connectivity index (χ4v) is 5.23. The van der Waals surface area contributed by atoms with Gasteiger partial charge in [0.25, 0.3) is 5.91 Å². The molecule has 0 spiro atoms. The van der Waals surface area contributed by atoms with Crippen molar-refractivity contribution in [2.24, 2.45) is 0 Å². The fourth-order valence-electron chi connectivity index (χ4n) is 3.35. The van der Waals surface area contributed by atoms with Crippen molar-refractivity contribution < 1.29 is 26.7 Å². The van der Waals surface area contributed by atoms with Crippen LogP contribution < -0.4 is 10.1 Å². The monoisotopic (exact) mass is 424 g/mol. The van der Waals surface area contributed by atoms with E-state index in [2.05, 4.69) is 5.32 Å². The molecule has 0 saturated carbocycles. The molecule has 1 amide bonds. The number of nitrogens with zero attached hydrogens (tertiary/aromatic N) is 1. The van der Waals surface area contributed by atoms with E-state index in [1.807, 2.05) is 6.92 Å². The molecule has 0 unspecified atom stereocenters. The molecule has 1 atom stereocenters. The number of benzene rings is 2. The lowest BCUT2D eigenvalue weighted by Gasteiger charge is -2.32. The van der Waals surface area contributed by atoms with E-state index in [0.29, 0.717) is 6.54 Å². The summed E-state index contributed by atoms with van der Waals surface area (Å²) >= 11 is 0. The molecule has 29 heavy (non-hydrogen) atoms. The summed E-state index contributed by atoms with van der Waals surface area (Å²) in [4.78, 5) is 12.4. The van der Waals surface area contributed by atoms with Gasteiger partial charge in [-0.1, -0.05) is 6.42 Å². The van der Waals surface area contributed by atoms with Crippen LogP contribution >= 0.6 is 0 Å². The van der Waals surface area contributed by atoms with Gasteiger partial charge in [-0.15, -0.1) is 0 Å². The largest absolute Gasteiger partial charge is 0.495 e. The summed E-state index contributed by atoms with van der Waals surface area (Å²) < 4.78 is 59.5. The number of rotatable bonds is 5. The van der Waals surface area contributed by atoms with Crippen molar-refractivity contribution in [2.45, 2.75) is 37.1 Å². The van der Waals surface area contributed by atoms with E-state index in [0.717, 1.165) is 31.4 Å². The zero-order valence-corrected chi connectivity index (χ0v) is 16.9. The lowest BCUT2D eigenvalue weighted by molar-refractivity contribution is 0.102. The maximum atomic E-state index is 13.4. The summed E-state index contributed by atoms with van der Waals surface area (Å²) in [6.45, 7) is 2.25. The van der Waals surface area contributed by atoms with E-state index in [-0.39, 0.29) is 27.9 Å². The molecule has 0 aromatic heterocycles. The maximum Gasteiger partial charge on any atom is 0.255 e. The quantitative estimate of drug-likeness (QED) is 0.793. The molecule has 1 aliphatic rings. The van der Waals surface area contributed by atoms with Crippen LogP contribution in [0.3, 0.4) is 0 Å². The van der Waals surface area contributed by atoms with Gasteiger partial charge >= 0.3 is 0 Å². The molecular weight excluding hydrogens is 402 g/mol. The molecule has 3 rings (SSSR count). The van der Waals surface area contributed by atoms with Gasteiger partial charge in [0.2, 0.25) is 10.0 Å². The van der Waals surface area contributed by atoms with Crippen molar-refractivity contribution >= 4 is 21.6 Å². The average Bonchev–Trinajstić information content (AvgIpc) is 2.70. The fraction of sp³-hybridized carbons (Fsp3) is 0.350. The number of amides is 1. The predicted octanol–water partition coefficient (Wildman–Crippen LogP) is 3.79. The van der Waals surface area contributed by atoms with Crippen LogP contribution in [0.25, 0.3) is 0 Å². The highest BCUT2D eigenvalue weighted by Crippen LogP contribution is 2.32. The molecule has 1 fully saturated rings. The molecule has 1 aliphatic heterocycles. The first-order valence-electron chi connectivity index (χ1n) is 9.20. The Morgan fingerprint density at radius 3 is 2.55 bits per heavy atom. The number of methoxy groups -OCH3 is 1. The molecule has 6 nitrogen and oxygen atoms in total. The van der Waals surface area contributed by atoms with E-state index in [1.165, 1.54) is 35.7 Å². The Bertz CT molecular complexity index is 1030. The van der Waals surface area contributed by atoms with Crippen LogP contribution in [-0.4, -0.2) is 38.3 Å². The first kappa shape index (κ1) is 21.2. The number of carbonyl (C=O) groups excluding carboxylic acids is 1. The standard InChI is InChI=1S/C20H22F2N2O4S/c1-13-5-3-4-10-24(13)29(26,27)19-11-14(6-9-18(19)28-2)20(25)23-15-7-8-16(21)17(22)12-15/h6-9,11-13H,3-5,10H2,1-2H3,(H,23,25)/t13-/m1/s1. The van der Waals surface area contributed by atoms with Gasteiger partial charge in [-0.05, 0) is 50.1 Å². The van der Waals surface area contributed by atoms with E-state index in [1.54, 1.807) is 0 Å². The molecule has 0 bridgehead atoms. The van der Waals surface area contributed by atoms with Crippen LogP contribution in [0.4, 0.5) is 14.5 Å². The normalized spacial score (nSPS) is 17.7. The van der Waals surface area contributed by atoms with Gasteiger partial charge in [0, 0.05) is 29.9 Å². The van der Waals surface area contributed by atoms with Crippen LogP contribution in [0, 0.1) is 11.6 Å². The Morgan fingerprint density at radius 1 is 1.14 bits per heavy atom. The second-order valence-corrected chi connectivity index (χ2v) is 8.77. The molecule has 0 aliphatic carbocycles. The highest BCUT2D eigenvalue weighted by Gasteiger charge is 2.33. The highest BCUT2D eigenvalue weighted by atomic mass is 32.2. The second-order valence-electron chi connectivity index (χ2n) is 6.91. The van der Waals surface area contributed by atoms with E-state index >= 15 is 0 Å². The molecule has 1 heterocycles. The molecule has 1 N–H and O–H groups in total. The molecule has 2 aromatic rings. The molecular formula is C20H22F2N2O4S. The van der Waals surface area contributed by atoms with Gasteiger partial charge in [0.1, 0.15) is 10.6 Å². The van der Waals surface area contributed by atoms with Crippen molar-refractivity contribution in [2.75, 3.05) is 19.0 Å². The van der Waals surface area contributed by atoms with Gasteiger partial charge in [0.15, 0.2) is 11.6 Å². The Kier molecular flexibility index (Phi) is 6.18. The third kappa shape index (κ3) is 4.40. The summed E-state index contributed by atoms with van der Waals surface area (Å²) in [6.07, 6.45) is 2.49. The van der Waals surface area contributed by atoms with Crippen LogP contribution in [0.1, 0.15) is 36.5 Å². The molecule has 9 heteroatoms. The summed E-state index contributed by atoms with van der Waals surface area (Å²) in [7, 11) is -2.52. The van der Waals surface area contributed by atoms with Gasteiger partial charge < -0.3 is 10.1 Å². The van der Waals surface area contributed by atoms with Crippen molar-refractivity contribution in [3.63, 3.8) is 0 Å². The minimum absolute atomic E-state index is 0.0544. The van der Waals surface area contributed by atoms with Crippen LogP contribution in [0.5, 0.6) is 5.75 Å². The lowest BCUT2D eigenvalue weighted by Crippen LogP contribution is -2.42. The summed E-state index contributed by atoms with van der Waals surface area (Å²) in [5, 5.41) is 2.44. The second kappa shape index (κ2) is 8.46. The van der Waals surface area contributed by atoms with Crippen LogP contribution in [0.2, 0.25) is 0 Å². The van der Waals surface area contributed by atoms with Gasteiger partial charge in [0.05, 0.1) is 7.11 Å². The summed E-state index contributed by atoms with van der Waals surface area (Å²) in [6, 6.07) is 6.86. The van der Waals surface area contributed by atoms with E-state index in [4.69, 9.17) is 4.74 Å². The van der Waals surface area contributed by atoms with Gasteiger partial charge in [-0.2, -0.15) is 4.31 Å². The average molecular weight is 424 g/mol. The Balaban J connectivity index is 1.94. The Hall–Kier alpha value is -2.52. The highest BCUT2D eigenvalue weighted by molar-refractivity contribution is 7.89. The minimum Gasteiger partial charge on any atom is -0.495 e. The Labute approximate surface area is 168 Å². The zero-order chi connectivity index (χ0) is 21.2. The minimum atomic E-state index is -3.88. The van der Waals surface area contributed by atoms with Crippen LogP contribution in [0.15, 0.2) is 41.3 Å². The number of anilines is 1. The molecule has 2 aromatic carbocycles. The molecule has 156 valence electrons. The topological polar surface area (TPSA) is 75.7 Å². The predicted molar refractivity (Wildman–Crippen MR) is 105 cm³/mol. The Morgan fingerprint density at radius 2 is 1.90 bits per heavy atom. The number of nitrogens with one attached hydrogen (secondary N) is 1. The first-order chi connectivity index (χ1) is 13.7. The first-order valence-corrected chi connectivity index (χ1v) is 10.6.